The molecule has 0 fully saturated rings. The van der Waals surface area contributed by atoms with Crippen molar-refractivity contribution >= 4 is 34.4 Å². The molecule has 0 radical (unpaired) electrons. The van der Waals surface area contributed by atoms with Crippen molar-refractivity contribution in [2.24, 2.45) is 0 Å². The van der Waals surface area contributed by atoms with E-state index >= 15 is 0 Å². The minimum absolute atomic E-state index is 0.0501. The number of carboxylic acids is 1. The van der Waals surface area contributed by atoms with Crippen LogP contribution < -0.4 is 5.32 Å². The minimum Gasteiger partial charge on any atom is -0.478 e. The first kappa shape index (κ1) is 17.3. The van der Waals surface area contributed by atoms with Crippen LogP contribution in [0.2, 0.25) is 0 Å². The van der Waals surface area contributed by atoms with Crippen molar-refractivity contribution < 1.29 is 19.5 Å². The summed E-state index contributed by atoms with van der Waals surface area (Å²) in [6, 6.07) is 6.91. The minimum atomic E-state index is -1.08. The van der Waals surface area contributed by atoms with Crippen molar-refractivity contribution in [2.75, 3.05) is 5.32 Å². The van der Waals surface area contributed by atoms with Gasteiger partial charge in [0, 0.05) is 30.3 Å². The maximum Gasteiger partial charge on any atom is 0.338 e. The number of aromatic amines is 1. The lowest BCUT2D eigenvalue weighted by molar-refractivity contribution is -0.121. The van der Waals surface area contributed by atoms with Crippen molar-refractivity contribution in [2.45, 2.75) is 19.8 Å². The molecule has 1 aromatic carbocycles. The third kappa shape index (κ3) is 3.59. The van der Waals surface area contributed by atoms with Gasteiger partial charge in [-0.3, -0.25) is 4.79 Å². The number of carbonyl (C=O) groups is 3. The third-order valence-electron chi connectivity index (χ3n) is 3.82. The van der Waals surface area contributed by atoms with Gasteiger partial charge in [-0.25, -0.2) is 14.8 Å². The van der Waals surface area contributed by atoms with E-state index in [4.69, 9.17) is 0 Å². The van der Waals surface area contributed by atoms with Crippen LogP contribution in [-0.4, -0.2) is 37.7 Å². The van der Waals surface area contributed by atoms with Gasteiger partial charge in [-0.15, -0.1) is 0 Å². The van der Waals surface area contributed by atoms with E-state index in [9.17, 15) is 19.5 Å². The summed E-state index contributed by atoms with van der Waals surface area (Å²) in [6.45, 7) is 1.44. The largest absolute Gasteiger partial charge is 0.478 e. The quantitative estimate of drug-likeness (QED) is 0.626. The molecule has 8 nitrogen and oxygen atoms in total. The van der Waals surface area contributed by atoms with Crippen LogP contribution in [0, 0.1) is 0 Å². The zero-order valence-corrected chi connectivity index (χ0v) is 13.9. The number of carboxylic acid groups (broad SMARTS) is 1. The molecule has 0 unspecified atom stereocenters. The first-order valence-electron chi connectivity index (χ1n) is 7.91. The molecule has 0 atom stereocenters. The fourth-order valence-electron chi connectivity index (χ4n) is 2.61. The Balaban J connectivity index is 1.95. The number of hydrogen-bond acceptors (Lipinski definition) is 5. The summed E-state index contributed by atoms with van der Waals surface area (Å²) < 4.78 is 0. The monoisotopic (exact) mass is 352 g/mol. The molecule has 0 bridgehead atoms. The van der Waals surface area contributed by atoms with E-state index < -0.39 is 5.97 Å². The number of benzene rings is 1. The Morgan fingerprint density at radius 3 is 2.73 bits per heavy atom. The molecular weight excluding hydrogens is 336 g/mol. The first-order valence-corrected chi connectivity index (χ1v) is 7.91. The molecule has 0 spiro atoms. The Morgan fingerprint density at radius 1 is 1.19 bits per heavy atom. The molecule has 3 N–H and O–H groups in total. The molecule has 26 heavy (non-hydrogen) atoms. The number of amides is 1. The molecule has 2 aromatic heterocycles. The third-order valence-corrected chi connectivity index (χ3v) is 3.82. The summed E-state index contributed by atoms with van der Waals surface area (Å²) in [7, 11) is 0. The smallest absolute Gasteiger partial charge is 0.338 e. The predicted molar refractivity (Wildman–Crippen MR) is 94.8 cm³/mol. The topological polar surface area (TPSA) is 125 Å². The number of aromatic carboxylic acids is 1. The lowest BCUT2D eigenvalue weighted by Gasteiger charge is -2.08. The molecule has 0 aliphatic heterocycles. The van der Waals surface area contributed by atoms with Crippen LogP contribution in [0.15, 0.2) is 36.8 Å². The normalized spacial score (nSPS) is 10.7. The predicted octanol–water partition coefficient (Wildman–Crippen LogP) is 2.63. The maximum atomic E-state index is 11.9. The SMILES string of the molecule is CC(=O)CCC(=O)Nc1cccc(-c2ncnc3[nH]cc(C(=O)O)c23)c1. The molecule has 0 saturated heterocycles. The second kappa shape index (κ2) is 7.14. The van der Waals surface area contributed by atoms with Gasteiger partial charge in [0.05, 0.1) is 16.6 Å². The van der Waals surface area contributed by atoms with Crippen molar-refractivity contribution in [1.29, 1.82) is 0 Å². The molecule has 2 heterocycles. The lowest BCUT2D eigenvalue weighted by Crippen LogP contribution is -2.12. The van der Waals surface area contributed by atoms with Crippen molar-refractivity contribution in [1.82, 2.24) is 15.0 Å². The number of hydrogen-bond donors (Lipinski definition) is 3. The highest BCUT2D eigenvalue weighted by atomic mass is 16.4. The van der Waals surface area contributed by atoms with Gasteiger partial charge in [0.25, 0.3) is 0 Å². The summed E-state index contributed by atoms with van der Waals surface area (Å²) in [5.74, 6) is -1.40. The summed E-state index contributed by atoms with van der Waals surface area (Å²) in [6.07, 6.45) is 3.01. The molecule has 3 aromatic rings. The number of ketones is 1. The average Bonchev–Trinajstić information content (AvgIpc) is 3.04. The van der Waals surface area contributed by atoms with Gasteiger partial charge in [-0.1, -0.05) is 12.1 Å². The first-order chi connectivity index (χ1) is 12.5. The van der Waals surface area contributed by atoms with Crippen LogP contribution in [-0.2, 0) is 9.59 Å². The summed E-state index contributed by atoms with van der Waals surface area (Å²) in [4.78, 5) is 45.4. The number of rotatable bonds is 6. The lowest BCUT2D eigenvalue weighted by atomic mass is 10.1. The number of fused-ring (bicyclic) bond motifs is 1. The Hall–Kier alpha value is -3.55. The van der Waals surface area contributed by atoms with Crippen molar-refractivity contribution in [3.63, 3.8) is 0 Å². The second-order valence-electron chi connectivity index (χ2n) is 5.78. The van der Waals surface area contributed by atoms with E-state index in [1.165, 1.54) is 19.4 Å². The van der Waals surface area contributed by atoms with Gasteiger partial charge in [-0.2, -0.15) is 0 Å². The Kier molecular flexibility index (Phi) is 4.74. The molecule has 8 heteroatoms. The van der Waals surface area contributed by atoms with Crippen molar-refractivity contribution in [3.8, 4) is 11.3 Å². The number of aromatic nitrogens is 3. The van der Waals surface area contributed by atoms with E-state index in [2.05, 4.69) is 20.3 Å². The number of H-pyrrole nitrogens is 1. The van der Waals surface area contributed by atoms with E-state index in [1.54, 1.807) is 24.3 Å². The van der Waals surface area contributed by atoms with E-state index in [0.717, 1.165) is 0 Å². The fourth-order valence-corrected chi connectivity index (χ4v) is 2.61. The van der Waals surface area contributed by atoms with Gasteiger partial charge >= 0.3 is 5.97 Å². The molecule has 3 rings (SSSR count). The number of Topliss-reactive ketones (excluding diaryl/α,β-unsaturated/α-hetero) is 1. The zero-order valence-electron chi connectivity index (χ0n) is 13.9. The van der Waals surface area contributed by atoms with Gasteiger partial charge in [0.15, 0.2) is 0 Å². The van der Waals surface area contributed by atoms with E-state index in [0.29, 0.717) is 28.0 Å². The Morgan fingerprint density at radius 2 is 2.00 bits per heavy atom. The molecular formula is C18H16N4O4. The van der Waals surface area contributed by atoms with Gasteiger partial charge < -0.3 is 20.2 Å². The van der Waals surface area contributed by atoms with Crippen LogP contribution >= 0.6 is 0 Å². The average molecular weight is 352 g/mol. The second-order valence-corrected chi connectivity index (χ2v) is 5.78. The molecule has 132 valence electrons. The van der Waals surface area contributed by atoms with Gasteiger partial charge in [0.2, 0.25) is 5.91 Å². The van der Waals surface area contributed by atoms with Crippen LogP contribution in [0.1, 0.15) is 30.1 Å². The standard InChI is InChI=1S/C18H16N4O4/c1-10(23)5-6-14(24)22-12-4-2-3-11(7-12)16-15-13(18(25)26)8-19-17(15)21-9-20-16/h2-4,7-9H,5-6H2,1H3,(H,22,24)(H,25,26)(H,19,20,21). The van der Waals surface area contributed by atoms with E-state index in [1.807, 2.05) is 0 Å². The Bertz CT molecular complexity index is 1010. The Labute approximate surface area is 148 Å². The summed E-state index contributed by atoms with van der Waals surface area (Å²) in [5.41, 5.74) is 2.13. The van der Waals surface area contributed by atoms with Crippen molar-refractivity contribution in [3.05, 3.63) is 42.4 Å². The zero-order chi connectivity index (χ0) is 18.7. The van der Waals surface area contributed by atoms with Gasteiger partial charge in [-0.05, 0) is 19.1 Å². The highest BCUT2D eigenvalue weighted by molar-refractivity contribution is 6.07. The highest BCUT2D eigenvalue weighted by Crippen LogP contribution is 2.29. The maximum absolute atomic E-state index is 11.9. The molecule has 0 aliphatic carbocycles. The van der Waals surface area contributed by atoms with Crippen LogP contribution in [0.5, 0.6) is 0 Å². The van der Waals surface area contributed by atoms with E-state index in [-0.39, 0.29) is 30.1 Å². The molecule has 0 saturated carbocycles. The van der Waals surface area contributed by atoms with Crippen LogP contribution in [0.3, 0.4) is 0 Å². The summed E-state index contributed by atoms with van der Waals surface area (Å²) >= 11 is 0. The van der Waals surface area contributed by atoms with Crippen LogP contribution in [0.4, 0.5) is 5.69 Å². The van der Waals surface area contributed by atoms with Gasteiger partial charge in [0.1, 0.15) is 17.8 Å². The number of nitrogens with zero attached hydrogens (tertiary/aromatic N) is 2. The number of anilines is 1. The fraction of sp³-hybridized carbons (Fsp3) is 0.167. The molecule has 1 amide bonds. The molecule has 0 aliphatic rings. The number of carbonyl (C=O) groups excluding carboxylic acids is 2. The summed E-state index contributed by atoms with van der Waals surface area (Å²) in [5, 5.41) is 12.5. The number of nitrogens with one attached hydrogen (secondary N) is 2. The van der Waals surface area contributed by atoms with Crippen LogP contribution in [0.25, 0.3) is 22.3 Å². The highest BCUT2D eigenvalue weighted by Gasteiger charge is 2.17.